The molecule has 158 valence electrons. The van der Waals surface area contributed by atoms with E-state index in [9.17, 15) is 4.79 Å². The van der Waals surface area contributed by atoms with Crippen LogP contribution in [0.1, 0.15) is 40.2 Å². The number of hydrogen-bond donors (Lipinski definition) is 3. The molecule has 1 amide bonds. The highest BCUT2D eigenvalue weighted by molar-refractivity contribution is 5.86. The fourth-order valence-corrected chi connectivity index (χ4v) is 2.64. The number of nitrogens with zero attached hydrogens (tertiary/aromatic N) is 2. The summed E-state index contributed by atoms with van der Waals surface area (Å²) < 4.78 is 5.98. The molecular weight excluding hydrogens is 354 g/mol. The number of nitrogens with one attached hydrogen (secondary N) is 3. The van der Waals surface area contributed by atoms with Crippen LogP contribution >= 0.6 is 0 Å². The van der Waals surface area contributed by atoms with E-state index in [1.165, 1.54) is 0 Å². The molecule has 0 aliphatic heterocycles. The molecule has 0 bridgehead atoms. The molecule has 0 aliphatic carbocycles. The molecule has 1 aromatic carbocycles. The van der Waals surface area contributed by atoms with Crippen molar-refractivity contribution in [2.75, 3.05) is 39.8 Å². The van der Waals surface area contributed by atoms with Gasteiger partial charge in [0.1, 0.15) is 12.4 Å². The Morgan fingerprint density at radius 1 is 1.14 bits per heavy atom. The second-order valence-electron chi connectivity index (χ2n) is 7.56. The van der Waals surface area contributed by atoms with E-state index in [1.54, 1.807) is 7.05 Å². The molecule has 0 saturated heterocycles. The largest absolute Gasteiger partial charge is 0.492 e. The molecule has 3 N–H and O–H groups in total. The molecule has 0 aromatic heterocycles. The fourth-order valence-electron chi connectivity index (χ4n) is 2.64. The predicted molar refractivity (Wildman–Crippen MR) is 116 cm³/mol. The van der Waals surface area contributed by atoms with Crippen molar-refractivity contribution in [1.29, 1.82) is 0 Å². The second kappa shape index (κ2) is 12.2. The van der Waals surface area contributed by atoms with E-state index < -0.39 is 0 Å². The monoisotopic (exact) mass is 391 g/mol. The summed E-state index contributed by atoms with van der Waals surface area (Å²) in [4.78, 5) is 18.5. The van der Waals surface area contributed by atoms with Crippen molar-refractivity contribution in [1.82, 2.24) is 20.9 Å². The van der Waals surface area contributed by atoms with Crippen LogP contribution in [0.25, 0.3) is 0 Å². The first kappa shape index (κ1) is 23.8. The number of hydrogen-bond acceptors (Lipinski definition) is 4. The average molecular weight is 392 g/mol. The first-order valence-electron chi connectivity index (χ1n) is 9.97. The molecule has 0 aliphatic rings. The SMILES string of the molecule is CCN(CC)CCOc1ccccc1CNC(=NC)NCC(=O)NC(C)(C)C. The quantitative estimate of drug-likeness (QED) is 0.420. The van der Waals surface area contributed by atoms with Crippen LogP contribution in [0, 0.1) is 0 Å². The van der Waals surface area contributed by atoms with Gasteiger partial charge in [-0.15, -0.1) is 0 Å². The van der Waals surface area contributed by atoms with E-state index in [0.717, 1.165) is 30.9 Å². The molecule has 1 rings (SSSR count). The van der Waals surface area contributed by atoms with Crippen LogP contribution in [0.15, 0.2) is 29.3 Å². The van der Waals surface area contributed by atoms with Gasteiger partial charge >= 0.3 is 0 Å². The van der Waals surface area contributed by atoms with Gasteiger partial charge in [0, 0.05) is 31.2 Å². The highest BCUT2D eigenvalue weighted by Crippen LogP contribution is 2.17. The molecule has 7 nitrogen and oxygen atoms in total. The summed E-state index contributed by atoms with van der Waals surface area (Å²) in [5, 5.41) is 9.18. The number of carbonyl (C=O) groups is 1. The van der Waals surface area contributed by atoms with Gasteiger partial charge in [-0.2, -0.15) is 0 Å². The Hall–Kier alpha value is -2.28. The van der Waals surface area contributed by atoms with E-state index >= 15 is 0 Å². The maximum Gasteiger partial charge on any atom is 0.239 e. The summed E-state index contributed by atoms with van der Waals surface area (Å²) in [6.45, 7) is 14.5. The van der Waals surface area contributed by atoms with Gasteiger partial charge in [0.2, 0.25) is 5.91 Å². The molecule has 0 heterocycles. The van der Waals surface area contributed by atoms with Crippen molar-refractivity contribution in [2.45, 2.75) is 46.7 Å². The van der Waals surface area contributed by atoms with Crippen LogP contribution < -0.4 is 20.7 Å². The van der Waals surface area contributed by atoms with Crippen LogP contribution in [0.2, 0.25) is 0 Å². The maximum absolute atomic E-state index is 11.9. The molecule has 0 unspecified atom stereocenters. The topological polar surface area (TPSA) is 78.0 Å². The lowest BCUT2D eigenvalue weighted by molar-refractivity contribution is -0.121. The number of benzene rings is 1. The van der Waals surface area contributed by atoms with Gasteiger partial charge in [-0.3, -0.25) is 9.79 Å². The lowest BCUT2D eigenvalue weighted by atomic mass is 10.1. The van der Waals surface area contributed by atoms with Crippen LogP contribution in [-0.4, -0.2) is 62.1 Å². The van der Waals surface area contributed by atoms with E-state index in [4.69, 9.17) is 4.74 Å². The summed E-state index contributed by atoms with van der Waals surface area (Å²) in [6, 6.07) is 7.97. The molecule has 0 fully saturated rings. The third kappa shape index (κ3) is 9.60. The number of guanidine groups is 1. The standard InChI is InChI=1S/C21H37N5O2/c1-7-26(8-2)13-14-28-18-12-10-9-11-17(18)15-23-20(22-6)24-16-19(27)25-21(3,4)5/h9-12H,7-8,13-16H2,1-6H3,(H,25,27)(H2,22,23,24). The van der Waals surface area contributed by atoms with Crippen LogP contribution in [0.5, 0.6) is 5.75 Å². The summed E-state index contributed by atoms with van der Waals surface area (Å²) in [6.07, 6.45) is 0. The lowest BCUT2D eigenvalue weighted by Crippen LogP contribution is -2.48. The van der Waals surface area contributed by atoms with Gasteiger partial charge in [0.25, 0.3) is 0 Å². The van der Waals surface area contributed by atoms with Gasteiger partial charge < -0.3 is 25.6 Å². The molecule has 0 saturated carbocycles. The normalized spacial score (nSPS) is 12.0. The predicted octanol–water partition coefficient (Wildman–Crippen LogP) is 1.99. The molecule has 1 aromatic rings. The molecule has 7 heteroatoms. The molecule has 0 atom stereocenters. The van der Waals surface area contributed by atoms with Crippen molar-refractivity contribution in [3.63, 3.8) is 0 Å². The number of aliphatic imine (C=N–C) groups is 1. The zero-order chi connectivity index (χ0) is 21.0. The Morgan fingerprint density at radius 3 is 2.43 bits per heavy atom. The van der Waals surface area contributed by atoms with Gasteiger partial charge in [-0.25, -0.2) is 0 Å². The first-order valence-corrected chi connectivity index (χ1v) is 9.97. The lowest BCUT2D eigenvalue weighted by Gasteiger charge is -2.21. The Morgan fingerprint density at radius 2 is 1.82 bits per heavy atom. The number of likely N-dealkylation sites (N-methyl/N-ethyl adjacent to an activating group) is 1. The minimum Gasteiger partial charge on any atom is -0.492 e. The van der Waals surface area contributed by atoms with Crippen LogP contribution in [0.4, 0.5) is 0 Å². The first-order chi connectivity index (χ1) is 13.3. The Labute approximate surface area is 169 Å². The number of rotatable bonds is 10. The van der Waals surface area contributed by atoms with Crippen molar-refractivity contribution < 1.29 is 9.53 Å². The van der Waals surface area contributed by atoms with E-state index in [2.05, 4.69) is 39.7 Å². The van der Waals surface area contributed by atoms with Gasteiger partial charge in [-0.1, -0.05) is 32.0 Å². The highest BCUT2D eigenvalue weighted by Gasteiger charge is 2.14. The summed E-state index contributed by atoms with van der Waals surface area (Å²) in [7, 11) is 1.68. The number of ether oxygens (including phenoxy) is 1. The highest BCUT2D eigenvalue weighted by atomic mass is 16.5. The van der Waals surface area contributed by atoms with Crippen molar-refractivity contribution >= 4 is 11.9 Å². The van der Waals surface area contributed by atoms with Gasteiger partial charge in [-0.05, 0) is 39.9 Å². The minimum absolute atomic E-state index is 0.0735. The van der Waals surface area contributed by atoms with Crippen molar-refractivity contribution in [3.05, 3.63) is 29.8 Å². The zero-order valence-electron chi connectivity index (χ0n) is 18.3. The van der Waals surface area contributed by atoms with Crippen LogP contribution in [0.3, 0.4) is 0 Å². The number of para-hydroxylation sites is 1. The smallest absolute Gasteiger partial charge is 0.239 e. The van der Waals surface area contributed by atoms with Gasteiger partial charge in [0.15, 0.2) is 5.96 Å². The molecule has 28 heavy (non-hydrogen) atoms. The van der Waals surface area contributed by atoms with Crippen LogP contribution in [-0.2, 0) is 11.3 Å². The Bertz CT molecular complexity index is 621. The summed E-state index contributed by atoms with van der Waals surface area (Å²) in [5.41, 5.74) is 0.793. The van der Waals surface area contributed by atoms with Crippen molar-refractivity contribution in [3.8, 4) is 5.75 Å². The zero-order valence-corrected chi connectivity index (χ0v) is 18.3. The number of carbonyl (C=O) groups excluding carboxylic acids is 1. The third-order valence-electron chi connectivity index (χ3n) is 4.13. The maximum atomic E-state index is 11.9. The van der Waals surface area contributed by atoms with E-state index in [0.29, 0.717) is 19.1 Å². The van der Waals surface area contributed by atoms with Gasteiger partial charge in [0.05, 0.1) is 6.54 Å². The Balaban J connectivity index is 2.53. The summed E-state index contributed by atoms with van der Waals surface area (Å²) >= 11 is 0. The summed E-state index contributed by atoms with van der Waals surface area (Å²) in [5.74, 6) is 1.36. The minimum atomic E-state index is -0.253. The van der Waals surface area contributed by atoms with E-state index in [-0.39, 0.29) is 18.0 Å². The Kier molecular flexibility index (Phi) is 10.4. The fraction of sp³-hybridized carbons (Fsp3) is 0.619. The second-order valence-corrected chi connectivity index (χ2v) is 7.56. The number of amides is 1. The van der Waals surface area contributed by atoms with Crippen molar-refractivity contribution in [2.24, 2.45) is 4.99 Å². The third-order valence-corrected chi connectivity index (χ3v) is 4.13. The molecule has 0 radical (unpaired) electrons. The van der Waals surface area contributed by atoms with E-state index in [1.807, 2.05) is 45.0 Å². The average Bonchev–Trinajstić information content (AvgIpc) is 2.65. The molecular formula is C21H37N5O2. The molecule has 0 spiro atoms.